The van der Waals surface area contributed by atoms with E-state index in [0.29, 0.717) is 6.42 Å². The number of anilines is 1. The minimum atomic E-state index is -2.30. The van der Waals surface area contributed by atoms with E-state index in [0.717, 1.165) is 16.8 Å². The Morgan fingerprint density at radius 2 is 2.06 bits per heavy atom. The summed E-state index contributed by atoms with van der Waals surface area (Å²) in [6.45, 7) is 3.58. The number of hydrogen-bond acceptors (Lipinski definition) is 2. The Morgan fingerprint density at radius 1 is 1.38 bits per heavy atom. The van der Waals surface area contributed by atoms with Crippen LogP contribution in [0.3, 0.4) is 0 Å². The van der Waals surface area contributed by atoms with Crippen LogP contribution in [-0.2, 0) is 6.42 Å². The van der Waals surface area contributed by atoms with Crippen molar-refractivity contribution < 1.29 is 8.78 Å². The maximum atomic E-state index is 12.0. The third kappa shape index (κ3) is 3.77. The van der Waals surface area contributed by atoms with Crippen molar-refractivity contribution in [3.63, 3.8) is 0 Å². The summed E-state index contributed by atoms with van der Waals surface area (Å²) in [4.78, 5) is 0. The average Bonchev–Trinajstić information content (AvgIpc) is 2.22. The van der Waals surface area contributed by atoms with Crippen molar-refractivity contribution in [1.82, 2.24) is 5.32 Å². The van der Waals surface area contributed by atoms with Crippen molar-refractivity contribution in [2.45, 2.75) is 32.7 Å². The van der Waals surface area contributed by atoms with Gasteiger partial charge in [-0.1, -0.05) is 12.1 Å². The van der Waals surface area contributed by atoms with Gasteiger partial charge in [-0.3, -0.25) is 0 Å². The van der Waals surface area contributed by atoms with Gasteiger partial charge in [0.2, 0.25) is 0 Å². The molecule has 0 bridgehead atoms. The van der Waals surface area contributed by atoms with Crippen LogP contribution in [0.4, 0.5) is 14.5 Å². The Morgan fingerprint density at radius 3 is 2.69 bits per heavy atom. The number of nitrogens with two attached hydrogens (primary N) is 1. The van der Waals surface area contributed by atoms with E-state index in [-0.39, 0.29) is 12.6 Å². The van der Waals surface area contributed by atoms with Gasteiger partial charge in [0.15, 0.2) is 0 Å². The van der Waals surface area contributed by atoms with E-state index in [1.807, 2.05) is 32.0 Å². The van der Waals surface area contributed by atoms with Gasteiger partial charge in [0.1, 0.15) is 0 Å². The summed E-state index contributed by atoms with van der Waals surface area (Å²) < 4.78 is 24.0. The number of alkyl halides is 2. The summed E-state index contributed by atoms with van der Waals surface area (Å²) in [6, 6.07) is 5.73. The molecule has 2 nitrogen and oxygen atoms in total. The smallest absolute Gasteiger partial charge is 0.250 e. The highest BCUT2D eigenvalue weighted by Gasteiger charge is 2.09. The van der Waals surface area contributed by atoms with E-state index in [9.17, 15) is 8.78 Å². The van der Waals surface area contributed by atoms with E-state index in [2.05, 4.69) is 5.32 Å². The summed E-state index contributed by atoms with van der Waals surface area (Å²) in [6.07, 6.45) is -1.59. The van der Waals surface area contributed by atoms with Gasteiger partial charge in [-0.25, -0.2) is 8.78 Å². The molecule has 4 heteroatoms. The van der Waals surface area contributed by atoms with E-state index < -0.39 is 6.43 Å². The normalized spacial score (nSPS) is 13.1. The molecule has 0 radical (unpaired) electrons. The number of benzene rings is 1. The van der Waals surface area contributed by atoms with Crippen molar-refractivity contribution in [3.8, 4) is 0 Å². The predicted octanol–water partition coefficient (Wildman–Crippen LogP) is 2.36. The number of halogens is 2. The Balaban J connectivity index is 2.56. The van der Waals surface area contributed by atoms with Crippen LogP contribution in [0.25, 0.3) is 0 Å². The zero-order chi connectivity index (χ0) is 12.1. The maximum absolute atomic E-state index is 12.0. The standard InChI is InChI=1S/C12H18F2N2/c1-8(16-7-12(13)14)6-10-4-3-5-11(15)9(10)2/h3-5,8,12,16H,6-7,15H2,1-2H3. The molecule has 1 unspecified atom stereocenters. The first-order valence-electron chi connectivity index (χ1n) is 5.36. The average molecular weight is 228 g/mol. The van der Waals surface area contributed by atoms with Gasteiger partial charge in [-0.05, 0) is 37.5 Å². The molecule has 0 saturated carbocycles. The molecule has 0 heterocycles. The Kier molecular flexibility index (Phi) is 4.68. The van der Waals surface area contributed by atoms with Crippen LogP contribution in [0.1, 0.15) is 18.1 Å². The Hall–Kier alpha value is -1.16. The fraction of sp³-hybridized carbons (Fsp3) is 0.500. The molecule has 1 atom stereocenters. The number of nitrogen functional groups attached to an aromatic ring is 1. The first-order valence-corrected chi connectivity index (χ1v) is 5.36. The molecule has 1 aromatic carbocycles. The van der Waals surface area contributed by atoms with Crippen LogP contribution in [0, 0.1) is 6.92 Å². The van der Waals surface area contributed by atoms with Crippen LogP contribution in [0.15, 0.2) is 18.2 Å². The van der Waals surface area contributed by atoms with Crippen molar-refractivity contribution in [1.29, 1.82) is 0 Å². The number of hydrogen-bond donors (Lipinski definition) is 2. The molecular weight excluding hydrogens is 210 g/mol. The Bertz CT molecular complexity index is 340. The lowest BCUT2D eigenvalue weighted by Gasteiger charge is -2.15. The van der Waals surface area contributed by atoms with Crippen LogP contribution in [-0.4, -0.2) is 19.0 Å². The van der Waals surface area contributed by atoms with Crippen LogP contribution >= 0.6 is 0 Å². The largest absolute Gasteiger partial charge is 0.399 e. The zero-order valence-corrected chi connectivity index (χ0v) is 9.63. The summed E-state index contributed by atoms with van der Waals surface area (Å²) >= 11 is 0. The van der Waals surface area contributed by atoms with E-state index in [4.69, 9.17) is 5.73 Å². The van der Waals surface area contributed by atoms with Gasteiger partial charge in [0.05, 0.1) is 6.54 Å². The molecule has 0 aromatic heterocycles. The quantitative estimate of drug-likeness (QED) is 0.759. The monoisotopic (exact) mass is 228 g/mol. The summed E-state index contributed by atoms with van der Waals surface area (Å²) in [7, 11) is 0. The number of rotatable bonds is 5. The molecule has 0 saturated heterocycles. The maximum Gasteiger partial charge on any atom is 0.250 e. The van der Waals surface area contributed by atoms with Crippen molar-refractivity contribution in [3.05, 3.63) is 29.3 Å². The van der Waals surface area contributed by atoms with Gasteiger partial charge in [-0.15, -0.1) is 0 Å². The third-order valence-electron chi connectivity index (χ3n) is 2.63. The van der Waals surface area contributed by atoms with Gasteiger partial charge < -0.3 is 11.1 Å². The van der Waals surface area contributed by atoms with Crippen molar-refractivity contribution >= 4 is 5.69 Å². The first-order chi connectivity index (χ1) is 7.50. The van der Waals surface area contributed by atoms with Gasteiger partial charge >= 0.3 is 0 Å². The van der Waals surface area contributed by atoms with E-state index in [1.54, 1.807) is 0 Å². The molecule has 1 aromatic rings. The fourth-order valence-corrected chi connectivity index (χ4v) is 1.62. The van der Waals surface area contributed by atoms with Crippen LogP contribution in [0.2, 0.25) is 0 Å². The minimum absolute atomic E-state index is 0.0227. The lowest BCUT2D eigenvalue weighted by molar-refractivity contribution is 0.142. The van der Waals surface area contributed by atoms with Gasteiger partial charge in [0, 0.05) is 11.7 Å². The van der Waals surface area contributed by atoms with Crippen LogP contribution in [0.5, 0.6) is 0 Å². The van der Waals surface area contributed by atoms with E-state index >= 15 is 0 Å². The third-order valence-corrected chi connectivity index (χ3v) is 2.63. The summed E-state index contributed by atoms with van der Waals surface area (Å²) in [5.41, 5.74) is 8.67. The van der Waals surface area contributed by atoms with Crippen molar-refractivity contribution in [2.24, 2.45) is 0 Å². The lowest BCUT2D eigenvalue weighted by atomic mass is 10.0. The van der Waals surface area contributed by atoms with Crippen molar-refractivity contribution in [2.75, 3.05) is 12.3 Å². The topological polar surface area (TPSA) is 38.0 Å². The summed E-state index contributed by atoms with van der Waals surface area (Å²) in [5, 5.41) is 2.79. The molecule has 0 aliphatic carbocycles. The molecule has 3 N–H and O–H groups in total. The molecule has 90 valence electrons. The SMILES string of the molecule is Cc1c(N)cccc1CC(C)NCC(F)F. The Labute approximate surface area is 94.8 Å². The van der Waals surface area contributed by atoms with Crippen LogP contribution < -0.4 is 11.1 Å². The highest BCUT2D eigenvalue weighted by molar-refractivity contribution is 5.50. The lowest BCUT2D eigenvalue weighted by Crippen LogP contribution is -2.32. The first kappa shape index (κ1) is 12.9. The molecule has 16 heavy (non-hydrogen) atoms. The van der Waals surface area contributed by atoms with E-state index in [1.165, 1.54) is 0 Å². The zero-order valence-electron chi connectivity index (χ0n) is 9.63. The second-order valence-electron chi connectivity index (χ2n) is 4.04. The predicted molar refractivity (Wildman–Crippen MR) is 62.8 cm³/mol. The molecule has 0 amide bonds. The van der Waals surface area contributed by atoms with Gasteiger partial charge in [-0.2, -0.15) is 0 Å². The fourth-order valence-electron chi connectivity index (χ4n) is 1.62. The molecular formula is C12H18F2N2. The molecule has 0 aliphatic heterocycles. The minimum Gasteiger partial charge on any atom is -0.399 e. The second-order valence-corrected chi connectivity index (χ2v) is 4.04. The molecule has 1 rings (SSSR count). The molecule has 0 spiro atoms. The highest BCUT2D eigenvalue weighted by Crippen LogP contribution is 2.16. The second kappa shape index (κ2) is 5.80. The highest BCUT2D eigenvalue weighted by atomic mass is 19.3. The molecule has 0 aliphatic rings. The van der Waals surface area contributed by atoms with Gasteiger partial charge in [0.25, 0.3) is 6.43 Å². The molecule has 0 fully saturated rings. The summed E-state index contributed by atoms with van der Waals surface area (Å²) in [5.74, 6) is 0. The number of nitrogens with one attached hydrogen (secondary N) is 1.